The summed E-state index contributed by atoms with van der Waals surface area (Å²) in [5.74, 6) is 1.24. The average Bonchev–Trinajstić information content (AvgIpc) is 3.32. The first kappa shape index (κ1) is 18.6. The first-order chi connectivity index (χ1) is 15.0. The summed E-state index contributed by atoms with van der Waals surface area (Å²) in [5, 5.41) is 20.0. The van der Waals surface area contributed by atoms with Gasteiger partial charge in [-0.1, -0.05) is 0 Å². The maximum absolute atomic E-state index is 10.8. The number of benzene rings is 1. The number of aromatic hydroxyl groups is 1. The molecule has 1 saturated carbocycles. The summed E-state index contributed by atoms with van der Waals surface area (Å²) in [5.41, 5.74) is 4.75. The topological polar surface area (TPSA) is 79.1 Å². The van der Waals surface area contributed by atoms with E-state index >= 15 is 0 Å². The van der Waals surface area contributed by atoms with Crippen molar-refractivity contribution in [2.75, 3.05) is 18.0 Å². The number of phenolic OH excluding ortho intramolecular Hbond substituents is 1. The fourth-order valence-electron chi connectivity index (χ4n) is 4.65. The maximum atomic E-state index is 10.8. The second-order valence-corrected chi connectivity index (χ2v) is 8.92. The molecule has 0 amide bonds. The summed E-state index contributed by atoms with van der Waals surface area (Å²) < 4.78 is 1.77. The van der Waals surface area contributed by atoms with E-state index in [4.69, 9.17) is 9.97 Å². The molecule has 1 saturated heterocycles. The Bertz CT molecular complexity index is 1310. The van der Waals surface area contributed by atoms with Crippen molar-refractivity contribution in [3.8, 4) is 17.0 Å². The highest BCUT2D eigenvalue weighted by atomic mass is 16.3. The molecule has 6 rings (SSSR count). The van der Waals surface area contributed by atoms with Gasteiger partial charge in [0.2, 0.25) is 0 Å². The monoisotopic (exact) mass is 414 g/mol. The summed E-state index contributed by atoms with van der Waals surface area (Å²) in [6, 6.07) is 11.3. The molecule has 1 atom stereocenters. The molecule has 4 aromatic rings. The number of hydrogen-bond acceptors (Lipinski definition) is 6. The molecule has 7 heteroatoms. The van der Waals surface area contributed by atoms with Crippen LogP contribution in [-0.4, -0.2) is 50.0 Å². The second-order valence-electron chi connectivity index (χ2n) is 8.92. The minimum Gasteiger partial charge on any atom is -0.507 e. The number of hydrogen-bond donors (Lipinski definition) is 2. The lowest BCUT2D eigenvalue weighted by atomic mass is 10.0. The number of anilines is 1. The Kier molecular flexibility index (Phi) is 4.14. The smallest absolute Gasteiger partial charge is 0.130 e. The number of rotatable bonds is 4. The van der Waals surface area contributed by atoms with Gasteiger partial charge in [-0.3, -0.25) is 4.68 Å². The van der Waals surface area contributed by atoms with Gasteiger partial charge in [0.05, 0.1) is 22.2 Å². The summed E-state index contributed by atoms with van der Waals surface area (Å²) in [7, 11) is 1.89. The third-order valence-corrected chi connectivity index (χ3v) is 6.49. The summed E-state index contributed by atoms with van der Waals surface area (Å²) in [6.45, 7) is 3.94. The lowest BCUT2D eigenvalue weighted by Gasteiger charge is -2.18. The zero-order valence-corrected chi connectivity index (χ0v) is 17.8. The Labute approximate surface area is 180 Å². The lowest BCUT2D eigenvalue weighted by Crippen LogP contribution is -2.34. The van der Waals surface area contributed by atoms with Crippen LogP contribution in [0.15, 0.2) is 36.5 Å². The molecule has 0 radical (unpaired) electrons. The van der Waals surface area contributed by atoms with Gasteiger partial charge in [0.1, 0.15) is 11.6 Å². The van der Waals surface area contributed by atoms with Gasteiger partial charge in [0.25, 0.3) is 0 Å². The first-order valence-corrected chi connectivity index (χ1v) is 11.0. The van der Waals surface area contributed by atoms with Crippen LogP contribution in [0.25, 0.3) is 33.2 Å². The fraction of sp³-hybridized carbons (Fsp3) is 0.375. The zero-order valence-electron chi connectivity index (χ0n) is 17.8. The molecule has 2 fully saturated rings. The maximum Gasteiger partial charge on any atom is 0.130 e. The van der Waals surface area contributed by atoms with Gasteiger partial charge in [0, 0.05) is 54.9 Å². The largest absolute Gasteiger partial charge is 0.507 e. The van der Waals surface area contributed by atoms with Gasteiger partial charge in [-0.2, -0.15) is 5.10 Å². The minimum absolute atomic E-state index is 0.230. The van der Waals surface area contributed by atoms with Crippen LogP contribution in [0.4, 0.5) is 5.82 Å². The van der Waals surface area contributed by atoms with Gasteiger partial charge in [-0.25, -0.2) is 9.97 Å². The van der Waals surface area contributed by atoms with Crippen molar-refractivity contribution in [3.05, 3.63) is 42.1 Å². The van der Waals surface area contributed by atoms with Crippen LogP contribution in [0.2, 0.25) is 0 Å². The fourth-order valence-corrected chi connectivity index (χ4v) is 4.65. The molecule has 0 bridgehead atoms. The average molecular weight is 415 g/mol. The summed E-state index contributed by atoms with van der Waals surface area (Å²) in [6.07, 6.45) is 5.77. The van der Waals surface area contributed by atoms with Crippen LogP contribution in [0, 0.1) is 6.92 Å². The minimum atomic E-state index is 0.230. The Hall–Kier alpha value is -3.19. The molecule has 3 aromatic heterocycles. The number of nitrogens with zero attached hydrogens (tertiary/aromatic N) is 5. The van der Waals surface area contributed by atoms with Crippen molar-refractivity contribution in [2.24, 2.45) is 7.05 Å². The van der Waals surface area contributed by atoms with E-state index in [-0.39, 0.29) is 5.75 Å². The standard InChI is InChI=1S/C24H26N6O/c1-14-23-15(12-29(2)28-23)11-18(24(14)31)19-5-6-21-20(26-19)7-8-22(27-21)30-10-9-17(13-30)25-16-3-4-16/h5-8,11-12,16-17,25,31H,3-4,9-10,13H2,1-2H3. The lowest BCUT2D eigenvalue weighted by molar-refractivity contribution is 0.474. The number of aryl methyl sites for hydroxylation is 2. The highest BCUT2D eigenvalue weighted by Crippen LogP contribution is 2.36. The van der Waals surface area contributed by atoms with Crippen LogP contribution in [-0.2, 0) is 7.05 Å². The van der Waals surface area contributed by atoms with E-state index in [0.29, 0.717) is 6.04 Å². The molecule has 158 valence electrons. The molecule has 1 unspecified atom stereocenters. The van der Waals surface area contributed by atoms with Crippen LogP contribution in [0.5, 0.6) is 5.75 Å². The van der Waals surface area contributed by atoms with Crippen molar-refractivity contribution in [2.45, 2.75) is 38.3 Å². The molecular formula is C24H26N6O. The Morgan fingerprint density at radius 3 is 2.68 bits per heavy atom. The van der Waals surface area contributed by atoms with Crippen molar-refractivity contribution < 1.29 is 5.11 Å². The molecule has 31 heavy (non-hydrogen) atoms. The molecule has 0 spiro atoms. The van der Waals surface area contributed by atoms with Gasteiger partial charge < -0.3 is 15.3 Å². The third-order valence-electron chi connectivity index (χ3n) is 6.49. The summed E-state index contributed by atoms with van der Waals surface area (Å²) in [4.78, 5) is 12.0. The molecular weight excluding hydrogens is 388 g/mol. The van der Waals surface area contributed by atoms with Crippen molar-refractivity contribution in [1.29, 1.82) is 0 Å². The molecule has 1 aliphatic carbocycles. The van der Waals surface area contributed by atoms with E-state index in [1.165, 1.54) is 19.3 Å². The Morgan fingerprint density at radius 2 is 1.84 bits per heavy atom. The van der Waals surface area contributed by atoms with Crippen molar-refractivity contribution >= 4 is 27.8 Å². The van der Waals surface area contributed by atoms with Gasteiger partial charge in [-0.15, -0.1) is 0 Å². The SMILES string of the molecule is Cc1c(O)c(-c2ccc3nc(N4CCC(NC5CC5)C4)ccc3n2)cc2cn(C)nc12. The second kappa shape index (κ2) is 6.92. The number of aromatic nitrogens is 4. The van der Waals surface area contributed by atoms with E-state index in [1.54, 1.807) is 4.68 Å². The number of fused-ring (bicyclic) bond motifs is 2. The van der Waals surface area contributed by atoms with Crippen LogP contribution in [0.3, 0.4) is 0 Å². The molecule has 7 nitrogen and oxygen atoms in total. The molecule has 2 N–H and O–H groups in total. The number of phenols is 1. The molecule has 2 aliphatic rings. The molecule has 4 heterocycles. The van der Waals surface area contributed by atoms with Crippen LogP contribution < -0.4 is 10.2 Å². The van der Waals surface area contributed by atoms with Gasteiger partial charge in [0.15, 0.2) is 0 Å². The number of pyridine rings is 2. The van der Waals surface area contributed by atoms with Crippen LogP contribution in [0.1, 0.15) is 24.8 Å². The molecule has 1 aliphatic heterocycles. The van der Waals surface area contributed by atoms with E-state index < -0.39 is 0 Å². The Morgan fingerprint density at radius 1 is 1.03 bits per heavy atom. The van der Waals surface area contributed by atoms with Crippen LogP contribution >= 0.6 is 0 Å². The van der Waals surface area contributed by atoms with E-state index in [2.05, 4.69) is 21.4 Å². The first-order valence-electron chi connectivity index (χ1n) is 11.0. The molecule has 1 aromatic carbocycles. The summed E-state index contributed by atoms with van der Waals surface area (Å²) >= 11 is 0. The van der Waals surface area contributed by atoms with E-state index in [0.717, 1.165) is 63.7 Å². The normalized spacial score (nSPS) is 19.0. The predicted molar refractivity (Wildman–Crippen MR) is 122 cm³/mol. The van der Waals surface area contributed by atoms with Gasteiger partial charge >= 0.3 is 0 Å². The quantitative estimate of drug-likeness (QED) is 0.532. The third kappa shape index (κ3) is 3.29. The number of nitrogens with one attached hydrogen (secondary N) is 1. The highest BCUT2D eigenvalue weighted by molar-refractivity contribution is 5.91. The Balaban J connectivity index is 1.32. The van der Waals surface area contributed by atoms with Crippen molar-refractivity contribution in [3.63, 3.8) is 0 Å². The van der Waals surface area contributed by atoms with Gasteiger partial charge in [-0.05, 0) is 56.5 Å². The predicted octanol–water partition coefficient (Wildman–Crippen LogP) is 3.53. The zero-order chi connectivity index (χ0) is 21.1. The van der Waals surface area contributed by atoms with E-state index in [9.17, 15) is 5.11 Å². The van der Waals surface area contributed by atoms with Crippen molar-refractivity contribution in [1.82, 2.24) is 25.1 Å². The highest BCUT2D eigenvalue weighted by Gasteiger charge is 2.29. The van der Waals surface area contributed by atoms with E-state index in [1.807, 2.05) is 44.4 Å².